The van der Waals surface area contributed by atoms with Gasteiger partial charge in [-0.25, -0.2) is 0 Å². The van der Waals surface area contributed by atoms with Crippen LogP contribution in [0.4, 0.5) is 0 Å². The summed E-state index contributed by atoms with van der Waals surface area (Å²) in [5, 5.41) is 4.63. The minimum absolute atomic E-state index is 0.507. The molecular weight excluding hydrogens is 250 g/mol. The maximum atomic E-state index is 5.39. The summed E-state index contributed by atoms with van der Waals surface area (Å²) in [6.45, 7) is 2.27. The van der Waals surface area contributed by atoms with Gasteiger partial charge in [-0.15, -0.1) is 5.10 Å². The van der Waals surface area contributed by atoms with Crippen LogP contribution < -0.4 is 4.84 Å². The first-order chi connectivity index (χ1) is 9.78. The molecule has 106 valence electrons. The molecule has 20 heavy (non-hydrogen) atoms. The number of piperidine rings is 1. The van der Waals surface area contributed by atoms with Crippen molar-refractivity contribution in [3.05, 3.63) is 42.1 Å². The van der Waals surface area contributed by atoms with Crippen molar-refractivity contribution < 1.29 is 4.84 Å². The van der Waals surface area contributed by atoms with Gasteiger partial charge in [-0.2, -0.15) is 0 Å². The molecule has 0 bridgehead atoms. The van der Waals surface area contributed by atoms with Crippen LogP contribution in [0, 0.1) is 0 Å². The Morgan fingerprint density at radius 1 is 1.25 bits per heavy atom. The molecule has 1 aliphatic heterocycles. The fourth-order valence-electron chi connectivity index (χ4n) is 2.93. The Hall–Kier alpha value is -1.81. The summed E-state index contributed by atoms with van der Waals surface area (Å²) in [6, 6.07) is 12.4. The van der Waals surface area contributed by atoms with Crippen LogP contribution in [0.5, 0.6) is 0 Å². The Balaban J connectivity index is 1.92. The van der Waals surface area contributed by atoms with Gasteiger partial charge in [0.2, 0.25) is 0 Å². The maximum Gasteiger partial charge on any atom is 0.110 e. The van der Waals surface area contributed by atoms with Gasteiger partial charge in [-0.1, -0.05) is 35.2 Å². The fourth-order valence-corrected chi connectivity index (χ4v) is 2.93. The quantitative estimate of drug-likeness (QED) is 0.859. The molecule has 2 heterocycles. The molecule has 1 unspecified atom stereocenters. The van der Waals surface area contributed by atoms with Gasteiger partial charge in [0.25, 0.3) is 0 Å². The van der Waals surface area contributed by atoms with Crippen LogP contribution in [0.2, 0.25) is 0 Å². The highest BCUT2D eigenvalue weighted by molar-refractivity contribution is 5.59. The van der Waals surface area contributed by atoms with Gasteiger partial charge in [0.1, 0.15) is 12.8 Å². The topological polar surface area (TPSA) is 30.3 Å². The Kier molecular flexibility index (Phi) is 3.74. The molecule has 1 atom stereocenters. The first-order valence-corrected chi connectivity index (χ1v) is 7.16. The van der Waals surface area contributed by atoms with Crippen LogP contribution >= 0.6 is 0 Å². The molecule has 0 saturated carbocycles. The Morgan fingerprint density at radius 2 is 2.05 bits per heavy atom. The third-order valence-corrected chi connectivity index (χ3v) is 3.98. The molecule has 0 spiro atoms. The zero-order chi connectivity index (χ0) is 13.9. The standard InChI is InChI=1S/C16H21N3O/c1-18-10-6-9-14(12-18)15-11-16(19(17-15)20-2)13-7-4-3-5-8-13/h3-5,7-8,11,14H,6,9-10,12H2,1-2H3. The molecule has 2 aromatic rings. The molecule has 0 N–H and O–H groups in total. The monoisotopic (exact) mass is 271 g/mol. The van der Waals surface area contributed by atoms with E-state index in [1.54, 1.807) is 12.0 Å². The molecule has 1 aromatic heterocycles. The minimum Gasteiger partial charge on any atom is -0.399 e. The van der Waals surface area contributed by atoms with Gasteiger partial charge >= 0.3 is 0 Å². The van der Waals surface area contributed by atoms with E-state index in [0.29, 0.717) is 5.92 Å². The second kappa shape index (κ2) is 5.67. The van der Waals surface area contributed by atoms with Gasteiger partial charge in [0, 0.05) is 18.0 Å². The third-order valence-electron chi connectivity index (χ3n) is 3.98. The lowest BCUT2D eigenvalue weighted by Crippen LogP contribution is -2.31. The third kappa shape index (κ3) is 2.56. The Bertz CT molecular complexity index is 564. The summed E-state index contributed by atoms with van der Waals surface area (Å²) in [4.78, 5) is 9.41. The predicted octanol–water partition coefficient (Wildman–Crippen LogP) is 2.42. The summed E-state index contributed by atoms with van der Waals surface area (Å²) < 4.78 is 0. The van der Waals surface area contributed by atoms with Crippen LogP contribution in [-0.2, 0) is 0 Å². The van der Waals surface area contributed by atoms with E-state index in [1.165, 1.54) is 19.4 Å². The number of hydrogen-bond donors (Lipinski definition) is 0. The van der Waals surface area contributed by atoms with Crippen LogP contribution in [0.15, 0.2) is 36.4 Å². The van der Waals surface area contributed by atoms with E-state index in [0.717, 1.165) is 23.5 Å². The molecule has 1 saturated heterocycles. The van der Waals surface area contributed by atoms with Crippen LogP contribution in [0.3, 0.4) is 0 Å². The normalized spacial score (nSPS) is 20.0. The maximum absolute atomic E-state index is 5.39. The highest BCUT2D eigenvalue weighted by Crippen LogP contribution is 2.28. The average Bonchev–Trinajstić information content (AvgIpc) is 2.92. The Labute approximate surface area is 119 Å². The molecule has 1 aromatic carbocycles. The van der Waals surface area contributed by atoms with E-state index in [1.807, 2.05) is 18.2 Å². The van der Waals surface area contributed by atoms with E-state index in [2.05, 4.69) is 35.2 Å². The first kappa shape index (κ1) is 13.2. The highest BCUT2D eigenvalue weighted by Gasteiger charge is 2.23. The average molecular weight is 271 g/mol. The fraction of sp³-hybridized carbons (Fsp3) is 0.438. The second-order valence-corrected chi connectivity index (χ2v) is 5.48. The van der Waals surface area contributed by atoms with E-state index in [-0.39, 0.29) is 0 Å². The van der Waals surface area contributed by atoms with Crippen molar-refractivity contribution in [2.45, 2.75) is 18.8 Å². The number of likely N-dealkylation sites (tertiary alicyclic amines) is 1. The Morgan fingerprint density at radius 3 is 2.75 bits per heavy atom. The summed E-state index contributed by atoms with van der Waals surface area (Å²) in [7, 11) is 3.84. The zero-order valence-electron chi connectivity index (χ0n) is 12.1. The van der Waals surface area contributed by atoms with E-state index in [4.69, 9.17) is 4.84 Å². The van der Waals surface area contributed by atoms with Crippen molar-refractivity contribution >= 4 is 0 Å². The molecule has 4 nitrogen and oxygen atoms in total. The van der Waals surface area contributed by atoms with E-state index >= 15 is 0 Å². The SMILES string of the molecule is COn1nc(C2CCCN(C)C2)cc1-c1ccccc1. The first-order valence-electron chi connectivity index (χ1n) is 7.16. The van der Waals surface area contributed by atoms with Crippen molar-refractivity contribution in [3.63, 3.8) is 0 Å². The van der Waals surface area contributed by atoms with Gasteiger partial charge in [-0.05, 0) is 32.5 Å². The van der Waals surface area contributed by atoms with Crippen molar-refractivity contribution in [3.8, 4) is 11.3 Å². The summed E-state index contributed by atoms with van der Waals surface area (Å²) in [5.74, 6) is 0.507. The van der Waals surface area contributed by atoms with Gasteiger partial charge < -0.3 is 9.74 Å². The van der Waals surface area contributed by atoms with Crippen LogP contribution in [-0.4, -0.2) is 42.1 Å². The van der Waals surface area contributed by atoms with Crippen molar-refractivity contribution in [2.75, 3.05) is 27.2 Å². The minimum atomic E-state index is 0.507. The highest BCUT2D eigenvalue weighted by atomic mass is 16.7. The molecular formula is C16H21N3O. The number of aromatic nitrogens is 2. The molecule has 4 heteroatoms. The number of benzene rings is 1. The van der Waals surface area contributed by atoms with E-state index in [9.17, 15) is 0 Å². The number of nitrogens with zero attached hydrogens (tertiary/aromatic N) is 3. The molecule has 0 amide bonds. The van der Waals surface area contributed by atoms with Crippen molar-refractivity contribution in [1.29, 1.82) is 0 Å². The van der Waals surface area contributed by atoms with E-state index < -0.39 is 0 Å². The largest absolute Gasteiger partial charge is 0.399 e. The number of rotatable bonds is 3. The van der Waals surface area contributed by atoms with Crippen molar-refractivity contribution in [1.82, 2.24) is 14.8 Å². The molecule has 3 rings (SSSR count). The van der Waals surface area contributed by atoms with Gasteiger partial charge in [-0.3, -0.25) is 0 Å². The van der Waals surface area contributed by atoms with Gasteiger partial charge in [0.05, 0.1) is 5.69 Å². The number of hydrogen-bond acceptors (Lipinski definition) is 3. The lowest BCUT2D eigenvalue weighted by Gasteiger charge is -2.28. The molecule has 1 fully saturated rings. The second-order valence-electron chi connectivity index (χ2n) is 5.48. The lowest BCUT2D eigenvalue weighted by molar-refractivity contribution is 0.135. The van der Waals surface area contributed by atoms with Gasteiger partial charge in [0.15, 0.2) is 0 Å². The lowest BCUT2D eigenvalue weighted by atomic mass is 9.95. The van der Waals surface area contributed by atoms with Crippen LogP contribution in [0.25, 0.3) is 11.3 Å². The molecule has 0 radical (unpaired) electrons. The predicted molar refractivity (Wildman–Crippen MR) is 79.6 cm³/mol. The molecule has 1 aliphatic rings. The number of likely N-dealkylation sites (N-methyl/N-ethyl adjacent to an activating group) is 1. The summed E-state index contributed by atoms with van der Waals surface area (Å²) in [6.07, 6.45) is 2.45. The smallest absolute Gasteiger partial charge is 0.110 e. The summed E-state index contributed by atoms with van der Waals surface area (Å²) in [5.41, 5.74) is 3.30. The van der Waals surface area contributed by atoms with Crippen molar-refractivity contribution in [2.24, 2.45) is 0 Å². The summed E-state index contributed by atoms with van der Waals surface area (Å²) >= 11 is 0. The molecule has 0 aliphatic carbocycles. The van der Waals surface area contributed by atoms with Crippen LogP contribution in [0.1, 0.15) is 24.5 Å². The zero-order valence-corrected chi connectivity index (χ0v) is 12.1.